The summed E-state index contributed by atoms with van der Waals surface area (Å²) in [6.45, 7) is 8.82. The van der Waals surface area contributed by atoms with Gasteiger partial charge in [0.15, 0.2) is 0 Å². The Hall–Kier alpha value is -1.84. The molecular weight excluding hydrogens is 276 g/mol. The fourth-order valence-electron chi connectivity index (χ4n) is 2.96. The first kappa shape index (κ1) is 16.5. The molecule has 1 aliphatic heterocycles. The van der Waals surface area contributed by atoms with Crippen LogP contribution in [0.3, 0.4) is 0 Å². The lowest BCUT2D eigenvalue weighted by atomic mass is 10.0. The minimum atomic E-state index is 0.165. The zero-order chi connectivity index (χ0) is 16.1. The van der Waals surface area contributed by atoms with E-state index in [1.54, 1.807) is 0 Å². The number of benzene rings is 1. The number of aryl methyl sites for hydroxylation is 2. The summed E-state index contributed by atoms with van der Waals surface area (Å²) in [4.78, 5) is 28.1. The van der Waals surface area contributed by atoms with E-state index in [0.717, 1.165) is 25.1 Å². The predicted octanol–water partition coefficient (Wildman–Crippen LogP) is 2.32. The summed E-state index contributed by atoms with van der Waals surface area (Å²) in [6.07, 6.45) is 1.86. The van der Waals surface area contributed by atoms with Crippen LogP contribution in [0.1, 0.15) is 36.5 Å². The Labute approximate surface area is 133 Å². The van der Waals surface area contributed by atoms with Gasteiger partial charge in [-0.2, -0.15) is 0 Å². The number of carbonyl (C=O) groups excluding carboxylic acids is 2. The Balaban J connectivity index is 1.96. The van der Waals surface area contributed by atoms with Gasteiger partial charge in [0.1, 0.15) is 0 Å². The second-order valence-corrected chi connectivity index (χ2v) is 6.08. The van der Waals surface area contributed by atoms with E-state index in [2.05, 4.69) is 26.0 Å². The molecule has 0 unspecified atom stereocenters. The van der Waals surface area contributed by atoms with Crippen LogP contribution >= 0.6 is 0 Å². The lowest BCUT2D eigenvalue weighted by Crippen LogP contribution is -2.37. The molecular formula is C18H26N2O2. The van der Waals surface area contributed by atoms with Gasteiger partial charge in [-0.25, -0.2) is 0 Å². The zero-order valence-electron chi connectivity index (χ0n) is 13.9. The molecule has 0 aliphatic carbocycles. The molecule has 22 heavy (non-hydrogen) atoms. The highest BCUT2D eigenvalue weighted by Crippen LogP contribution is 2.13. The lowest BCUT2D eigenvalue weighted by molar-refractivity contribution is -0.133. The Morgan fingerprint density at radius 2 is 1.64 bits per heavy atom. The largest absolute Gasteiger partial charge is 0.341 e. The van der Waals surface area contributed by atoms with E-state index in [4.69, 9.17) is 0 Å². The molecule has 1 heterocycles. The molecule has 0 saturated carbocycles. The summed E-state index contributed by atoms with van der Waals surface area (Å²) in [5.74, 6) is 0.349. The van der Waals surface area contributed by atoms with Gasteiger partial charge in [0.25, 0.3) is 0 Å². The van der Waals surface area contributed by atoms with Crippen molar-refractivity contribution in [3.63, 3.8) is 0 Å². The maximum atomic E-state index is 12.5. The van der Waals surface area contributed by atoms with Crippen LogP contribution in [-0.4, -0.2) is 47.8 Å². The highest BCUT2D eigenvalue weighted by Gasteiger charge is 2.21. The molecule has 0 atom stereocenters. The van der Waals surface area contributed by atoms with Crippen molar-refractivity contribution in [1.82, 2.24) is 9.80 Å². The third kappa shape index (κ3) is 4.09. The molecule has 1 fully saturated rings. The monoisotopic (exact) mass is 302 g/mol. The number of rotatable bonds is 3. The van der Waals surface area contributed by atoms with Crippen LogP contribution in [0.15, 0.2) is 18.2 Å². The van der Waals surface area contributed by atoms with Crippen LogP contribution in [0.2, 0.25) is 0 Å². The van der Waals surface area contributed by atoms with Gasteiger partial charge < -0.3 is 9.80 Å². The van der Waals surface area contributed by atoms with Crippen LogP contribution in [0.5, 0.6) is 0 Å². The van der Waals surface area contributed by atoms with E-state index < -0.39 is 0 Å². The molecule has 2 amide bonds. The van der Waals surface area contributed by atoms with Crippen molar-refractivity contribution in [2.75, 3.05) is 26.2 Å². The van der Waals surface area contributed by atoms with Crippen molar-refractivity contribution in [1.29, 1.82) is 0 Å². The minimum Gasteiger partial charge on any atom is -0.341 e. The summed E-state index contributed by atoms with van der Waals surface area (Å²) in [5, 5.41) is 0. The van der Waals surface area contributed by atoms with Gasteiger partial charge in [0.05, 0.1) is 6.42 Å². The van der Waals surface area contributed by atoms with Crippen molar-refractivity contribution in [2.45, 2.75) is 40.0 Å². The fraction of sp³-hybridized carbons (Fsp3) is 0.556. The summed E-state index contributed by atoms with van der Waals surface area (Å²) in [7, 11) is 0. The quantitative estimate of drug-likeness (QED) is 0.860. The topological polar surface area (TPSA) is 40.6 Å². The van der Waals surface area contributed by atoms with E-state index in [0.29, 0.717) is 25.9 Å². The molecule has 1 saturated heterocycles. The smallest absolute Gasteiger partial charge is 0.227 e. The van der Waals surface area contributed by atoms with Gasteiger partial charge in [0, 0.05) is 32.6 Å². The number of nitrogens with zero attached hydrogens (tertiary/aromatic N) is 2. The van der Waals surface area contributed by atoms with Crippen LogP contribution in [-0.2, 0) is 16.0 Å². The number of hydrogen-bond donors (Lipinski definition) is 0. The maximum Gasteiger partial charge on any atom is 0.227 e. The summed E-state index contributed by atoms with van der Waals surface area (Å²) >= 11 is 0. The van der Waals surface area contributed by atoms with Gasteiger partial charge in [0.2, 0.25) is 11.8 Å². The average molecular weight is 302 g/mol. The van der Waals surface area contributed by atoms with Crippen LogP contribution < -0.4 is 0 Å². The van der Waals surface area contributed by atoms with Crippen molar-refractivity contribution in [3.05, 3.63) is 34.9 Å². The van der Waals surface area contributed by atoms with Crippen LogP contribution in [0, 0.1) is 13.8 Å². The van der Waals surface area contributed by atoms with E-state index in [1.165, 1.54) is 11.1 Å². The Bertz CT molecular complexity index is 554. The van der Waals surface area contributed by atoms with Gasteiger partial charge in [-0.15, -0.1) is 0 Å². The SMILES string of the molecule is CCC(=O)N1CCCN(C(=O)Cc2ccc(C)cc2C)CC1. The number of amides is 2. The first-order valence-corrected chi connectivity index (χ1v) is 8.13. The molecule has 0 aromatic heterocycles. The standard InChI is InChI=1S/C18H26N2O2/c1-4-17(21)19-8-5-9-20(11-10-19)18(22)13-16-7-6-14(2)12-15(16)3/h6-7,12H,4-5,8-11,13H2,1-3H3. The van der Waals surface area contributed by atoms with Gasteiger partial charge in [-0.05, 0) is 31.4 Å². The maximum absolute atomic E-state index is 12.5. The first-order valence-electron chi connectivity index (χ1n) is 8.13. The molecule has 1 aliphatic rings. The van der Waals surface area contributed by atoms with Gasteiger partial charge in [-0.3, -0.25) is 9.59 Å². The number of carbonyl (C=O) groups is 2. The minimum absolute atomic E-state index is 0.165. The van der Waals surface area contributed by atoms with E-state index in [9.17, 15) is 9.59 Å². The molecule has 120 valence electrons. The highest BCUT2D eigenvalue weighted by atomic mass is 16.2. The molecule has 0 spiro atoms. The highest BCUT2D eigenvalue weighted by molar-refractivity contribution is 5.79. The van der Waals surface area contributed by atoms with Gasteiger partial charge in [-0.1, -0.05) is 30.7 Å². The van der Waals surface area contributed by atoms with E-state index in [1.807, 2.05) is 22.8 Å². The second kappa shape index (κ2) is 7.43. The average Bonchev–Trinajstić information content (AvgIpc) is 2.75. The van der Waals surface area contributed by atoms with Crippen molar-refractivity contribution < 1.29 is 9.59 Å². The molecule has 2 rings (SSSR count). The fourth-order valence-corrected chi connectivity index (χ4v) is 2.96. The normalized spacial score (nSPS) is 15.6. The first-order chi connectivity index (χ1) is 10.5. The third-order valence-corrected chi connectivity index (χ3v) is 4.34. The lowest BCUT2D eigenvalue weighted by Gasteiger charge is -2.22. The Morgan fingerprint density at radius 1 is 1.00 bits per heavy atom. The van der Waals surface area contributed by atoms with Crippen LogP contribution in [0.4, 0.5) is 0 Å². The molecule has 1 aromatic carbocycles. The van der Waals surface area contributed by atoms with Crippen molar-refractivity contribution in [2.24, 2.45) is 0 Å². The van der Waals surface area contributed by atoms with Crippen molar-refractivity contribution >= 4 is 11.8 Å². The Morgan fingerprint density at radius 3 is 2.23 bits per heavy atom. The number of hydrogen-bond acceptors (Lipinski definition) is 2. The summed E-state index contributed by atoms with van der Waals surface area (Å²) < 4.78 is 0. The van der Waals surface area contributed by atoms with Crippen LogP contribution in [0.25, 0.3) is 0 Å². The van der Waals surface area contributed by atoms with Crippen molar-refractivity contribution in [3.8, 4) is 0 Å². The predicted molar refractivity (Wildman–Crippen MR) is 87.7 cm³/mol. The molecule has 4 nitrogen and oxygen atoms in total. The Kier molecular flexibility index (Phi) is 5.58. The summed E-state index contributed by atoms with van der Waals surface area (Å²) in [5.41, 5.74) is 3.49. The summed E-state index contributed by atoms with van der Waals surface area (Å²) in [6, 6.07) is 6.22. The molecule has 4 heteroatoms. The van der Waals surface area contributed by atoms with E-state index >= 15 is 0 Å². The second-order valence-electron chi connectivity index (χ2n) is 6.08. The van der Waals surface area contributed by atoms with E-state index in [-0.39, 0.29) is 11.8 Å². The zero-order valence-corrected chi connectivity index (χ0v) is 13.9. The molecule has 0 bridgehead atoms. The molecule has 0 N–H and O–H groups in total. The van der Waals surface area contributed by atoms with Gasteiger partial charge >= 0.3 is 0 Å². The third-order valence-electron chi connectivity index (χ3n) is 4.34. The molecule has 0 radical (unpaired) electrons. The molecule has 1 aromatic rings.